The third-order valence-electron chi connectivity index (χ3n) is 2.96. The first-order valence-electron chi connectivity index (χ1n) is 6.80. The van der Waals surface area contributed by atoms with Crippen molar-refractivity contribution >= 4 is 15.9 Å². The van der Waals surface area contributed by atoms with Gasteiger partial charge >= 0.3 is 0 Å². The van der Waals surface area contributed by atoms with Gasteiger partial charge in [0.15, 0.2) is 0 Å². The number of hydrogen-bond donors (Lipinski definition) is 1. The standard InChI is InChI=1S/C16H19BrN2O/c1-2-18-12-14-10-15(17)5-6-16(14)20-9-7-13-4-3-8-19-11-13/h3-6,8,10-11,18H,2,7,9,12H2,1H3. The van der Waals surface area contributed by atoms with Gasteiger partial charge in [-0.2, -0.15) is 0 Å². The number of hydrogen-bond acceptors (Lipinski definition) is 3. The van der Waals surface area contributed by atoms with Gasteiger partial charge in [0.2, 0.25) is 0 Å². The van der Waals surface area contributed by atoms with Gasteiger partial charge in [-0.25, -0.2) is 0 Å². The van der Waals surface area contributed by atoms with E-state index in [0.717, 1.165) is 29.7 Å². The van der Waals surface area contributed by atoms with E-state index in [1.54, 1.807) is 6.20 Å². The number of aromatic nitrogens is 1. The summed E-state index contributed by atoms with van der Waals surface area (Å²) in [7, 11) is 0. The number of ether oxygens (including phenoxy) is 1. The van der Waals surface area contributed by atoms with Crippen molar-refractivity contribution in [1.29, 1.82) is 0 Å². The van der Waals surface area contributed by atoms with Gasteiger partial charge in [0, 0.05) is 35.4 Å². The maximum absolute atomic E-state index is 5.90. The lowest BCUT2D eigenvalue weighted by Gasteiger charge is -2.12. The molecule has 0 spiro atoms. The quantitative estimate of drug-likeness (QED) is 0.840. The molecule has 1 N–H and O–H groups in total. The van der Waals surface area contributed by atoms with Crippen LogP contribution >= 0.6 is 15.9 Å². The number of pyridine rings is 1. The van der Waals surface area contributed by atoms with Crippen LogP contribution in [0, 0.1) is 0 Å². The van der Waals surface area contributed by atoms with Gasteiger partial charge in [-0.3, -0.25) is 4.98 Å². The highest BCUT2D eigenvalue weighted by molar-refractivity contribution is 9.10. The Hall–Kier alpha value is -1.39. The molecule has 0 atom stereocenters. The summed E-state index contributed by atoms with van der Waals surface area (Å²) in [6.45, 7) is 4.52. The van der Waals surface area contributed by atoms with E-state index in [2.05, 4.69) is 45.3 Å². The molecule has 1 aromatic heterocycles. The van der Waals surface area contributed by atoms with Crippen molar-refractivity contribution in [3.05, 3.63) is 58.3 Å². The summed E-state index contributed by atoms with van der Waals surface area (Å²) >= 11 is 3.50. The van der Waals surface area contributed by atoms with Crippen LogP contribution in [-0.4, -0.2) is 18.1 Å². The summed E-state index contributed by atoms with van der Waals surface area (Å²) in [6, 6.07) is 10.1. The van der Waals surface area contributed by atoms with E-state index in [-0.39, 0.29) is 0 Å². The van der Waals surface area contributed by atoms with Gasteiger partial charge in [0.25, 0.3) is 0 Å². The number of benzene rings is 1. The Bertz CT molecular complexity index is 531. The van der Waals surface area contributed by atoms with E-state index >= 15 is 0 Å². The fourth-order valence-electron chi connectivity index (χ4n) is 1.91. The molecule has 106 valence electrons. The molecule has 3 nitrogen and oxygen atoms in total. The molecule has 0 radical (unpaired) electrons. The van der Waals surface area contributed by atoms with Crippen molar-refractivity contribution < 1.29 is 4.74 Å². The van der Waals surface area contributed by atoms with Crippen molar-refractivity contribution in [1.82, 2.24) is 10.3 Å². The molecule has 1 heterocycles. The Morgan fingerprint density at radius 2 is 2.20 bits per heavy atom. The predicted molar refractivity (Wildman–Crippen MR) is 85.0 cm³/mol. The first kappa shape index (κ1) is 15.0. The lowest BCUT2D eigenvalue weighted by atomic mass is 10.2. The topological polar surface area (TPSA) is 34.1 Å². The van der Waals surface area contributed by atoms with Crippen LogP contribution in [0.15, 0.2) is 47.2 Å². The summed E-state index contributed by atoms with van der Waals surface area (Å²) in [4.78, 5) is 4.11. The molecule has 20 heavy (non-hydrogen) atoms. The second-order valence-corrected chi connectivity index (χ2v) is 5.41. The molecule has 1 aromatic carbocycles. The Morgan fingerprint density at radius 3 is 2.95 bits per heavy atom. The van der Waals surface area contributed by atoms with Gasteiger partial charge in [0.05, 0.1) is 6.61 Å². The second kappa shape index (κ2) is 8.02. The SMILES string of the molecule is CCNCc1cc(Br)ccc1OCCc1cccnc1. The fraction of sp³-hybridized carbons (Fsp3) is 0.312. The molecule has 0 aliphatic heterocycles. The first-order chi connectivity index (χ1) is 9.79. The van der Waals surface area contributed by atoms with Crippen LogP contribution < -0.4 is 10.1 Å². The molecule has 0 amide bonds. The lowest BCUT2D eigenvalue weighted by molar-refractivity contribution is 0.317. The molecule has 0 bridgehead atoms. The van der Waals surface area contributed by atoms with Crippen LogP contribution in [0.25, 0.3) is 0 Å². The highest BCUT2D eigenvalue weighted by Crippen LogP contribution is 2.23. The molecular formula is C16H19BrN2O. The Kier molecular flexibility index (Phi) is 6.02. The minimum absolute atomic E-state index is 0.659. The molecule has 2 rings (SSSR count). The number of nitrogens with one attached hydrogen (secondary N) is 1. The van der Waals surface area contributed by atoms with Crippen LogP contribution in [0.3, 0.4) is 0 Å². The van der Waals surface area contributed by atoms with Crippen LogP contribution in [0.1, 0.15) is 18.1 Å². The Labute approximate surface area is 128 Å². The summed E-state index contributed by atoms with van der Waals surface area (Å²) in [5, 5.41) is 3.33. The van der Waals surface area contributed by atoms with Gasteiger partial charge in [-0.1, -0.05) is 28.9 Å². The van der Waals surface area contributed by atoms with Crippen molar-refractivity contribution in [2.45, 2.75) is 19.9 Å². The molecule has 2 aromatic rings. The zero-order valence-electron chi connectivity index (χ0n) is 11.6. The van der Waals surface area contributed by atoms with Crippen LogP contribution in [0.2, 0.25) is 0 Å². The molecule has 0 aliphatic rings. The average Bonchev–Trinajstić information content (AvgIpc) is 2.48. The van der Waals surface area contributed by atoms with E-state index in [1.165, 1.54) is 11.1 Å². The lowest BCUT2D eigenvalue weighted by Crippen LogP contribution is -2.13. The van der Waals surface area contributed by atoms with E-state index in [9.17, 15) is 0 Å². The molecule has 0 unspecified atom stereocenters. The number of halogens is 1. The van der Waals surface area contributed by atoms with Crippen LogP contribution in [-0.2, 0) is 13.0 Å². The summed E-state index contributed by atoms with van der Waals surface area (Å²) < 4.78 is 6.98. The maximum Gasteiger partial charge on any atom is 0.123 e. The molecule has 0 saturated carbocycles. The minimum atomic E-state index is 0.659. The van der Waals surface area contributed by atoms with Gasteiger partial charge in [-0.15, -0.1) is 0 Å². The minimum Gasteiger partial charge on any atom is -0.493 e. The van der Waals surface area contributed by atoms with Crippen molar-refractivity contribution in [3.63, 3.8) is 0 Å². The average molecular weight is 335 g/mol. The smallest absolute Gasteiger partial charge is 0.123 e. The summed E-state index contributed by atoms with van der Waals surface area (Å²) in [5.41, 5.74) is 2.37. The molecule has 0 aliphatic carbocycles. The van der Waals surface area contributed by atoms with Crippen LogP contribution in [0.5, 0.6) is 5.75 Å². The highest BCUT2D eigenvalue weighted by atomic mass is 79.9. The van der Waals surface area contributed by atoms with E-state index in [1.807, 2.05) is 24.4 Å². The summed E-state index contributed by atoms with van der Waals surface area (Å²) in [5.74, 6) is 0.943. The van der Waals surface area contributed by atoms with Gasteiger partial charge in [0.1, 0.15) is 5.75 Å². The normalized spacial score (nSPS) is 10.5. The monoisotopic (exact) mass is 334 g/mol. The van der Waals surface area contributed by atoms with E-state index in [0.29, 0.717) is 6.61 Å². The third kappa shape index (κ3) is 4.62. The zero-order valence-corrected chi connectivity index (χ0v) is 13.2. The zero-order chi connectivity index (χ0) is 14.2. The van der Waals surface area contributed by atoms with Crippen molar-refractivity contribution in [3.8, 4) is 5.75 Å². The predicted octanol–water partition coefficient (Wildman–Crippen LogP) is 3.58. The van der Waals surface area contributed by atoms with Gasteiger partial charge in [-0.05, 0) is 36.4 Å². The van der Waals surface area contributed by atoms with Crippen molar-refractivity contribution in [2.75, 3.05) is 13.2 Å². The van der Waals surface area contributed by atoms with Crippen molar-refractivity contribution in [2.24, 2.45) is 0 Å². The van der Waals surface area contributed by atoms with E-state index < -0.39 is 0 Å². The Balaban J connectivity index is 1.94. The van der Waals surface area contributed by atoms with E-state index in [4.69, 9.17) is 4.74 Å². The molecule has 0 fully saturated rings. The Morgan fingerprint density at radius 1 is 1.30 bits per heavy atom. The highest BCUT2D eigenvalue weighted by Gasteiger charge is 2.04. The second-order valence-electron chi connectivity index (χ2n) is 4.49. The first-order valence-corrected chi connectivity index (χ1v) is 7.59. The number of rotatable bonds is 7. The fourth-order valence-corrected chi connectivity index (χ4v) is 2.32. The maximum atomic E-state index is 5.90. The number of nitrogens with zero attached hydrogens (tertiary/aromatic N) is 1. The molecule has 0 saturated heterocycles. The third-order valence-corrected chi connectivity index (χ3v) is 3.45. The molecular weight excluding hydrogens is 316 g/mol. The molecule has 4 heteroatoms. The summed E-state index contributed by atoms with van der Waals surface area (Å²) in [6.07, 6.45) is 4.53. The van der Waals surface area contributed by atoms with Gasteiger partial charge < -0.3 is 10.1 Å². The van der Waals surface area contributed by atoms with Crippen LogP contribution in [0.4, 0.5) is 0 Å². The largest absolute Gasteiger partial charge is 0.493 e.